The third kappa shape index (κ3) is 1.60. The van der Waals surface area contributed by atoms with Crippen LogP contribution in [0.5, 0.6) is 5.75 Å². The zero-order valence-electron chi connectivity index (χ0n) is 5.26. The standard InChI is InChI=1S/C6H4F3NO/c7-5(8)3-1-4(11)6(9)10-2-3/h1-2,5,11H. The Balaban J connectivity index is 3.05. The van der Waals surface area contributed by atoms with E-state index in [-0.39, 0.29) is 0 Å². The summed E-state index contributed by atoms with van der Waals surface area (Å²) < 4.78 is 35.8. The van der Waals surface area contributed by atoms with Crippen LogP contribution in [0.15, 0.2) is 12.3 Å². The molecule has 1 aromatic heterocycles. The zero-order chi connectivity index (χ0) is 8.43. The lowest BCUT2D eigenvalue weighted by Crippen LogP contribution is -1.89. The maximum atomic E-state index is 12.2. The molecule has 0 aromatic carbocycles. The van der Waals surface area contributed by atoms with Crippen molar-refractivity contribution in [1.82, 2.24) is 4.98 Å². The largest absolute Gasteiger partial charge is 0.504 e. The molecule has 0 saturated carbocycles. The molecule has 0 aliphatic heterocycles. The first-order chi connectivity index (χ1) is 5.11. The first-order valence-corrected chi connectivity index (χ1v) is 2.74. The second-order valence-corrected chi connectivity index (χ2v) is 1.88. The third-order valence-corrected chi connectivity index (χ3v) is 1.09. The number of aromatic hydroxyl groups is 1. The molecule has 2 nitrogen and oxygen atoms in total. The Kier molecular flexibility index (Phi) is 1.98. The van der Waals surface area contributed by atoms with Crippen LogP contribution in [0, 0.1) is 5.95 Å². The van der Waals surface area contributed by atoms with Crippen LogP contribution < -0.4 is 0 Å². The van der Waals surface area contributed by atoms with Gasteiger partial charge in [0.25, 0.3) is 12.4 Å². The highest BCUT2D eigenvalue weighted by atomic mass is 19.3. The lowest BCUT2D eigenvalue weighted by Gasteiger charge is -1.98. The van der Waals surface area contributed by atoms with Crippen molar-refractivity contribution in [2.45, 2.75) is 6.43 Å². The van der Waals surface area contributed by atoms with Crippen molar-refractivity contribution in [3.63, 3.8) is 0 Å². The van der Waals surface area contributed by atoms with Gasteiger partial charge in [0.15, 0.2) is 5.75 Å². The van der Waals surface area contributed by atoms with Gasteiger partial charge in [-0.3, -0.25) is 0 Å². The molecule has 1 N–H and O–H groups in total. The van der Waals surface area contributed by atoms with Crippen LogP contribution in [0.25, 0.3) is 0 Å². The van der Waals surface area contributed by atoms with Crippen molar-refractivity contribution >= 4 is 0 Å². The van der Waals surface area contributed by atoms with E-state index in [1.807, 2.05) is 0 Å². The SMILES string of the molecule is Oc1cc(C(F)F)cnc1F. The van der Waals surface area contributed by atoms with Crippen molar-refractivity contribution in [3.05, 3.63) is 23.8 Å². The molecule has 0 fully saturated rings. The summed E-state index contributed by atoms with van der Waals surface area (Å²) in [6, 6.07) is 0.646. The monoisotopic (exact) mass is 163 g/mol. The Morgan fingerprint density at radius 3 is 2.55 bits per heavy atom. The number of hydrogen-bond acceptors (Lipinski definition) is 2. The second kappa shape index (κ2) is 2.77. The molecule has 5 heteroatoms. The summed E-state index contributed by atoms with van der Waals surface area (Å²) in [7, 11) is 0. The highest BCUT2D eigenvalue weighted by molar-refractivity contribution is 5.23. The summed E-state index contributed by atoms with van der Waals surface area (Å²) in [5.41, 5.74) is -0.496. The Labute approximate surface area is 60.3 Å². The number of rotatable bonds is 1. The maximum absolute atomic E-state index is 12.2. The molecule has 1 heterocycles. The molecular formula is C6H4F3NO. The molecule has 0 aliphatic carbocycles. The Bertz CT molecular complexity index is 264. The van der Waals surface area contributed by atoms with Crippen molar-refractivity contribution in [2.24, 2.45) is 0 Å². The third-order valence-electron chi connectivity index (χ3n) is 1.09. The lowest BCUT2D eigenvalue weighted by atomic mass is 10.3. The van der Waals surface area contributed by atoms with Gasteiger partial charge in [0.05, 0.1) is 0 Å². The molecule has 0 radical (unpaired) electrons. The first kappa shape index (κ1) is 7.84. The van der Waals surface area contributed by atoms with E-state index < -0.39 is 23.7 Å². The van der Waals surface area contributed by atoms with E-state index >= 15 is 0 Å². The molecule has 0 amide bonds. The number of aromatic nitrogens is 1. The minimum Gasteiger partial charge on any atom is -0.504 e. The summed E-state index contributed by atoms with van der Waals surface area (Å²) in [5.74, 6) is -2.00. The Morgan fingerprint density at radius 2 is 2.09 bits per heavy atom. The molecular weight excluding hydrogens is 159 g/mol. The van der Waals surface area contributed by atoms with Crippen LogP contribution >= 0.6 is 0 Å². The van der Waals surface area contributed by atoms with Gasteiger partial charge in [-0.25, -0.2) is 13.8 Å². The molecule has 0 atom stereocenters. The van der Waals surface area contributed by atoms with Gasteiger partial charge in [-0.15, -0.1) is 0 Å². The molecule has 1 aromatic rings. The van der Waals surface area contributed by atoms with Gasteiger partial charge < -0.3 is 5.11 Å². The smallest absolute Gasteiger partial charge is 0.265 e. The molecule has 1 rings (SSSR count). The van der Waals surface area contributed by atoms with Gasteiger partial charge in [-0.05, 0) is 6.07 Å². The number of nitrogens with zero attached hydrogens (tertiary/aromatic N) is 1. The second-order valence-electron chi connectivity index (χ2n) is 1.88. The van der Waals surface area contributed by atoms with Crippen LogP contribution in [0.4, 0.5) is 13.2 Å². The zero-order valence-corrected chi connectivity index (χ0v) is 5.26. The fourth-order valence-electron chi connectivity index (χ4n) is 0.571. The first-order valence-electron chi connectivity index (χ1n) is 2.74. The van der Waals surface area contributed by atoms with E-state index in [1.54, 1.807) is 0 Å². The summed E-state index contributed by atoms with van der Waals surface area (Å²) >= 11 is 0. The van der Waals surface area contributed by atoms with Crippen molar-refractivity contribution < 1.29 is 18.3 Å². The van der Waals surface area contributed by atoms with E-state index in [4.69, 9.17) is 5.11 Å². The van der Waals surface area contributed by atoms with Crippen LogP contribution in [0.1, 0.15) is 12.0 Å². The van der Waals surface area contributed by atoms with E-state index in [2.05, 4.69) is 4.98 Å². The average Bonchev–Trinajstić information content (AvgIpc) is 1.94. The number of hydrogen-bond donors (Lipinski definition) is 1. The highest BCUT2D eigenvalue weighted by Crippen LogP contribution is 2.22. The van der Waals surface area contributed by atoms with Crippen LogP contribution in [-0.2, 0) is 0 Å². The van der Waals surface area contributed by atoms with E-state index in [1.165, 1.54) is 0 Å². The highest BCUT2D eigenvalue weighted by Gasteiger charge is 2.10. The van der Waals surface area contributed by atoms with Gasteiger partial charge in [-0.2, -0.15) is 4.39 Å². The quantitative estimate of drug-likeness (QED) is 0.641. The summed E-state index contributed by atoms with van der Waals surface area (Å²) in [4.78, 5) is 2.90. The molecule has 0 bridgehead atoms. The van der Waals surface area contributed by atoms with E-state index in [9.17, 15) is 13.2 Å². The van der Waals surface area contributed by atoms with Gasteiger partial charge in [-0.1, -0.05) is 0 Å². The molecule has 0 saturated heterocycles. The summed E-state index contributed by atoms with van der Waals surface area (Å²) in [6.45, 7) is 0. The summed E-state index contributed by atoms with van der Waals surface area (Å²) in [5, 5.41) is 8.58. The van der Waals surface area contributed by atoms with Crippen LogP contribution in [-0.4, -0.2) is 10.1 Å². The fraction of sp³-hybridized carbons (Fsp3) is 0.167. The predicted octanol–water partition coefficient (Wildman–Crippen LogP) is 1.86. The van der Waals surface area contributed by atoms with Gasteiger partial charge in [0.1, 0.15) is 0 Å². The van der Waals surface area contributed by atoms with Gasteiger partial charge in [0, 0.05) is 11.8 Å². The average molecular weight is 163 g/mol. The van der Waals surface area contributed by atoms with Crippen LogP contribution in [0.2, 0.25) is 0 Å². The van der Waals surface area contributed by atoms with Gasteiger partial charge >= 0.3 is 0 Å². The Hall–Kier alpha value is -1.26. The molecule has 0 aliphatic rings. The molecule has 11 heavy (non-hydrogen) atoms. The maximum Gasteiger partial charge on any atom is 0.265 e. The number of halogens is 3. The lowest BCUT2D eigenvalue weighted by molar-refractivity contribution is 0.150. The van der Waals surface area contributed by atoms with Gasteiger partial charge in [0.2, 0.25) is 0 Å². The molecule has 0 spiro atoms. The predicted molar refractivity (Wildman–Crippen MR) is 30.8 cm³/mol. The number of alkyl halides is 2. The van der Waals surface area contributed by atoms with Crippen molar-refractivity contribution in [2.75, 3.05) is 0 Å². The minimum absolute atomic E-state index is 0.496. The number of pyridine rings is 1. The molecule has 0 unspecified atom stereocenters. The van der Waals surface area contributed by atoms with E-state index in [0.29, 0.717) is 12.3 Å². The van der Waals surface area contributed by atoms with Crippen LogP contribution in [0.3, 0.4) is 0 Å². The van der Waals surface area contributed by atoms with Crippen molar-refractivity contribution in [3.8, 4) is 5.75 Å². The summed E-state index contributed by atoms with van der Waals surface area (Å²) in [6.07, 6.45) is -2.06. The topological polar surface area (TPSA) is 33.1 Å². The van der Waals surface area contributed by atoms with Crippen molar-refractivity contribution in [1.29, 1.82) is 0 Å². The fourth-order valence-corrected chi connectivity index (χ4v) is 0.571. The molecule has 60 valence electrons. The minimum atomic E-state index is -2.74. The van der Waals surface area contributed by atoms with E-state index in [0.717, 1.165) is 0 Å². The normalized spacial score (nSPS) is 10.5. The Morgan fingerprint density at radius 1 is 1.45 bits per heavy atom.